The van der Waals surface area contributed by atoms with Gasteiger partial charge >= 0.3 is 0 Å². The molecule has 1 heterocycles. The van der Waals surface area contributed by atoms with Crippen LogP contribution in [0.3, 0.4) is 0 Å². The summed E-state index contributed by atoms with van der Waals surface area (Å²) in [4.78, 5) is 4.07. The van der Waals surface area contributed by atoms with Crippen molar-refractivity contribution in [2.45, 2.75) is 13.0 Å². The van der Waals surface area contributed by atoms with E-state index in [1.165, 1.54) is 0 Å². The molecule has 0 aliphatic rings. The smallest absolute Gasteiger partial charge is 0.198 e. The Morgan fingerprint density at radius 3 is 2.60 bits per heavy atom. The predicted octanol–water partition coefficient (Wildman–Crippen LogP) is 2.52. The summed E-state index contributed by atoms with van der Waals surface area (Å²) >= 11 is 3.37. The Balaban J connectivity index is 2.11. The van der Waals surface area contributed by atoms with E-state index in [2.05, 4.69) is 20.9 Å². The zero-order chi connectivity index (χ0) is 10.7. The van der Waals surface area contributed by atoms with Crippen LogP contribution >= 0.6 is 15.9 Å². The number of aliphatic hydroxyl groups excluding tert-OH is 1. The fourth-order valence-electron chi connectivity index (χ4n) is 1.28. The van der Waals surface area contributed by atoms with Gasteiger partial charge in [0, 0.05) is 10.9 Å². The Hall–Kier alpha value is -1.13. The van der Waals surface area contributed by atoms with E-state index in [1.54, 1.807) is 6.20 Å². The van der Waals surface area contributed by atoms with Crippen LogP contribution in [0.5, 0.6) is 0 Å². The van der Waals surface area contributed by atoms with Crippen molar-refractivity contribution in [3.05, 3.63) is 52.1 Å². The lowest BCUT2D eigenvalue weighted by molar-refractivity contribution is 0.244. The highest BCUT2D eigenvalue weighted by molar-refractivity contribution is 9.10. The molecule has 0 saturated carbocycles. The predicted molar refractivity (Wildman–Crippen MR) is 59.4 cm³/mol. The molecule has 78 valence electrons. The quantitative estimate of drug-likeness (QED) is 0.930. The highest BCUT2D eigenvalue weighted by Crippen LogP contribution is 2.14. The molecule has 1 N–H and O–H groups in total. The van der Waals surface area contributed by atoms with Crippen LogP contribution in [0, 0.1) is 0 Å². The lowest BCUT2D eigenvalue weighted by Gasteiger charge is -1.97. The highest BCUT2D eigenvalue weighted by atomic mass is 79.9. The Bertz CT molecular complexity index is 436. The third-order valence-corrected chi connectivity index (χ3v) is 2.55. The van der Waals surface area contributed by atoms with Crippen LogP contribution in [-0.4, -0.2) is 10.1 Å². The molecule has 0 amide bonds. The number of oxazole rings is 1. The molecule has 2 aromatic rings. The number of hydrogen-bond donors (Lipinski definition) is 1. The summed E-state index contributed by atoms with van der Waals surface area (Å²) in [7, 11) is 0. The van der Waals surface area contributed by atoms with Gasteiger partial charge in [-0.2, -0.15) is 0 Å². The third-order valence-electron chi connectivity index (χ3n) is 2.03. The Morgan fingerprint density at radius 1 is 1.27 bits per heavy atom. The molecule has 0 aliphatic carbocycles. The summed E-state index contributed by atoms with van der Waals surface area (Å²) in [6.45, 7) is -0.104. The molecule has 0 spiro atoms. The van der Waals surface area contributed by atoms with Gasteiger partial charge in [-0.25, -0.2) is 4.98 Å². The monoisotopic (exact) mass is 267 g/mol. The highest BCUT2D eigenvalue weighted by Gasteiger charge is 2.03. The second-order valence-electron chi connectivity index (χ2n) is 3.18. The van der Waals surface area contributed by atoms with Crippen molar-refractivity contribution >= 4 is 15.9 Å². The third kappa shape index (κ3) is 2.67. The van der Waals surface area contributed by atoms with Gasteiger partial charge in [0.2, 0.25) is 0 Å². The van der Waals surface area contributed by atoms with Crippen molar-refractivity contribution in [3.63, 3.8) is 0 Å². The second-order valence-corrected chi connectivity index (χ2v) is 4.10. The molecule has 0 unspecified atom stereocenters. The lowest BCUT2D eigenvalue weighted by atomic mass is 10.1. The molecule has 2 rings (SSSR count). The summed E-state index contributed by atoms with van der Waals surface area (Å²) in [5, 5.41) is 8.81. The van der Waals surface area contributed by atoms with Gasteiger partial charge in [-0.05, 0) is 17.7 Å². The van der Waals surface area contributed by atoms with Crippen LogP contribution in [-0.2, 0) is 13.0 Å². The number of hydrogen-bond acceptors (Lipinski definition) is 3. The fourth-order valence-corrected chi connectivity index (χ4v) is 1.54. The maximum atomic E-state index is 8.81. The van der Waals surface area contributed by atoms with Gasteiger partial charge in [-0.1, -0.05) is 28.1 Å². The second kappa shape index (κ2) is 4.59. The van der Waals surface area contributed by atoms with Crippen molar-refractivity contribution < 1.29 is 9.52 Å². The molecular formula is C11H10BrNO2. The van der Waals surface area contributed by atoms with E-state index in [1.807, 2.05) is 24.3 Å². The molecule has 1 aromatic carbocycles. The number of aromatic nitrogens is 1. The molecule has 0 aliphatic heterocycles. The first-order valence-corrected chi connectivity index (χ1v) is 5.36. The molecule has 4 heteroatoms. The molecule has 0 radical (unpaired) electrons. The normalized spacial score (nSPS) is 10.5. The van der Waals surface area contributed by atoms with E-state index in [9.17, 15) is 0 Å². The van der Waals surface area contributed by atoms with Crippen LogP contribution in [0.15, 0.2) is 39.4 Å². The first-order valence-electron chi connectivity index (χ1n) is 4.57. The first-order chi connectivity index (χ1) is 7.28. The summed E-state index contributed by atoms with van der Waals surface area (Å²) in [5.41, 5.74) is 1.13. The largest absolute Gasteiger partial charge is 0.443 e. The van der Waals surface area contributed by atoms with E-state index in [-0.39, 0.29) is 6.61 Å². The van der Waals surface area contributed by atoms with Crippen LogP contribution < -0.4 is 0 Å². The maximum Gasteiger partial charge on any atom is 0.198 e. The van der Waals surface area contributed by atoms with Gasteiger partial charge in [0.25, 0.3) is 0 Å². The van der Waals surface area contributed by atoms with Gasteiger partial charge in [-0.15, -0.1) is 0 Å². The van der Waals surface area contributed by atoms with Crippen molar-refractivity contribution in [3.8, 4) is 0 Å². The number of nitrogens with zero attached hydrogens (tertiary/aromatic N) is 1. The minimum Gasteiger partial charge on any atom is -0.443 e. The Morgan fingerprint density at radius 2 is 2.00 bits per heavy atom. The summed E-state index contributed by atoms with van der Waals surface area (Å²) in [6.07, 6.45) is 2.20. The number of benzene rings is 1. The summed E-state index contributed by atoms with van der Waals surface area (Å²) in [6, 6.07) is 7.97. The van der Waals surface area contributed by atoms with E-state index >= 15 is 0 Å². The molecule has 3 nitrogen and oxygen atoms in total. The van der Waals surface area contributed by atoms with E-state index in [4.69, 9.17) is 9.52 Å². The zero-order valence-corrected chi connectivity index (χ0v) is 9.57. The number of rotatable bonds is 3. The number of halogens is 1. The molecule has 0 atom stereocenters. The van der Waals surface area contributed by atoms with Crippen LogP contribution in [0.25, 0.3) is 0 Å². The fraction of sp³-hybridized carbons (Fsp3) is 0.182. The molecule has 0 saturated heterocycles. The van der Waals surface area contributed by atoms with Gasteiger partial charge in [-0.3, -0.25) is 0 Å². The Kier molecular flexibility index (Phi) is 3.18. The topological polar surface area (TPSA) is 46.3 Å². The first kappa shape index (κ1) is 10.4. The van der Waals surface area contributed by atoms with Crippen LogP contribution in [0.1, 0.15) is 17.2 Å². The van der Waals surface area contributed by atoms with Crippen molar-refractivity contribution in [1.29, 1.82) is 0 Å². The van der Waals surface area contributed by atoms with Gasteiger partial charge in [0.05, 0.1) is 6.20 Å². The average Bonchev–Trinajstić information content (AvgIpc) is 2.69. The van der Waals surface area contributed by atoms with Crippen molar-refractivity contribution in [1.82, 2.24) is 4.98 Å². The van der Waals surface area contributed by atoms with Gasteiger partial charge in [0.15, 0.2) is 5.89 Å². The SMILES string of the molecule is OCc1cnc(Cc2ccc(Br)cc2)o1. The number of aliphatic hydroxyl groups is 1. The van der Waals surface area contributed by atoms with Gasteiger partial charge < -0.3 is 9.52 Å². The molecule has 1 aromatic heterocycles. The zero-order valence-electron chi connectivity index (χ0n) is 7.98. The van der Waals surface area contributed by atoms with Gasteiger partial charge in [0.1, 0.15) is 12.4 Å². The lowest BCUT2D eigenvalue weighted by Crippen LogP contribution is -1.87. The molecule has 15 heavy (non-hydrogen) atoms. The van der Waals surface area contributed by atoms with Crippen molar-refractivity contribution in [2.75, 3.05) is 0 Å². The minimum absolute atomic E-state index is 0.104. The van der Waals surface area contributed by atoms with Crippen molar-refractivity contribution in [2.24, 2.45) is 0 Å². The molecule has 0 fully saturated rings. The van der Waals surface area contributed by atoms with E-state index in [0.29, 0.717) is 18.1 Å². The average molecular weight is 268 g/mol. The van der Waals surface area contributed by atoms with E-state index < -0.39 is 0 Å². The van der Waals surface area contributed by atoms with Crippen LogP contribution in [0.4, 0.5) is 0 Å². The molecular weight excluding hydrogens is 258 g/mol. The minimum atomic E-state index is -0.104. The maximum absolute atomic E-state index is 8.81. The standard InChI is InChI=1S/C11H10BrNO2/c12-9-3-1-8(2-4-9)5-11-13-6-10(7-14)15-11/h1-4,6,14H,5,7H2. The van der Waals surface area contributed by atoms with E-state index in [0.717, 1.165) is 10.0 Å². The van der Waals surface area contributed by atoms with Crippen LogP contribution in [0.2, 0.25) is 0 Å². The summed E-state index contributed by atoms with van der Waals surface area (Å²) in [5.74, 6) is 1.13. The Labute approximate surface area is 95.9 Å². The molecule has 0 bridgehead atoms. The summed E-state index contributed by atoms with van der Waals surface area (Å²) < 4.78 is 6.34.